The predicted octanol–water partition coefficient (Wildman–Crippen LogP) is 3.16. The van der Waals surface area contributed by atoms with E-state index in [0.717, 1.165) is 31.5 Å². The number of nitrogens with one attached hydrogen (secondary N) is 1. The fourth-order valence-electron chi connectivity index (χ4n) is 2.05. The lowest BCUT2D eigenvalue weighted by atomic mass is 10.1. The van der Waals surface area contributed by atoms with Gasteiger partial charge in [-0.05, 0) is 30.4 Å². The zero-order valence-corrected chi connectivity index (χ0v) is 12.6. The molecule has 0 radical (unpaired) electrons. The number of hydrogen-bond acceptors (Lipinski definition) is 2. The lowest BCUT2D eigenvalue weighted by Crippen LogP contribution is -2.34. The van der Waals surface area contributed by atoms with Crippen LogP contribution in [0, 0.1) is 11.8 Å². The molecule has 0 aromatic heterocycles. The first-order valence-corrected chi connectivity index (χ1v) is 7.05. The van der Waals surface area contributed by atoms with E-state index in [4.69, 9.17) is 0 Å². The molecular weight excluding hydrogens is 208 g/mol. The zero-order valence-electron chi connectivity index (χ0n) is 12.6. The summed E-state index contributed by atoms with van der Waals surface area (Å²) < 4.78 is 0. The third-order valence-electron chi connectivity index (χ3n) is 2.50. The van der Waals surface area contributed by atoms with E-state index in [-0.39, 0.29) is 0 Å². The molecule has 0 atom stereocenters. The maximum absolute atomic E-state index is 4.18. The van der Waals surface area contributed by atoms with E-state index in [2.05, 4.69) is 51.4 Å². The first kappa shape index (κ1) is 16.7. The standard InChI is InChI=1S/C15H32N2/c1-7-8-16-9-15(6)12-17(10-13(2)3)11-14(4)5/h13-14,16H,6-12H2,1-5H3. The zero-order chi connectivity index (χ0) is 13.3. The van der Waals surface area contributed by atoms with E-state index in [1.165, 1.54) is 25.1 Å². The van der Waals surface area contributed by atoms with Crippen molar-refractivity contribution in [2.45, 2.75) is 41.0 Å². The van der Waals surface area contributed by atoms with Crippen LogP contribution < -0.4 is 5.32 Å². The lowest BCUT2D eigenvalue weighted by Gasteiger charge is -2.27. The Bertz CT molecular complexity index is 187. The van der Waals surface area contributed by atoms with Gasteiger partial charge in [0.15, 0.2) is 0 Å². The fourth-order valence-corrected chi connectivity index (χ4v) is 2.05. The van der Waals surface area contributed by atoms with E-state index in [1.807, 2.05) is 0 Å². The minimum absolute atomic E-state index is 0.727. The SMILES string of the molecule is C=C(CNCCC)CN(CC(C)C)CC(C)C. The van der Waals surface area contributed by atoms with Crippen molar-refractivity contribution >= 4 is 0 Å². The molecule has 0 unspecified atom stereocenters. The molecule has 2 heteroatoms. The first-order chi connectivity index (χ1) is 7.95. The van der Waals surface area contributed by atoms with Crippen molar-refractivity contribution in [3.63, 3.8) is 0 Å². The summed E-state index contributed by atoms with van der Waals surface area (Å²) in [6, 6.07) is 0. The Morgan fingerprint density at radius 1 is 1.12 bits per heavy atom. The quantitative estimate of drug-likeness (QED) is 0.466. The van der Waals surface area contributed by atoms with Gasteiger partial charge in [-0.3, -0.25) is 4.90 Å². The van der Waals surface area contributed by atoms with Crippen molar-refractivity contribution < 1.29 is 0 Å². The summed E-state index contributed by atoms with van der Waals surface area (Å²) in [7, 11) is 0. The molecule has 2 nitrogen and oxygen atoms in total. The van der Waals surface area contributed by atoms with Crippen molar-refractivity contribution in [1.82, 2.24) is 10.2 Å². The molecule has 0 rings (SSSR count). The largest absolute Gasteiger partial charge is 0.313 e. The van der Waals surface area contributed by atoms with Crippen LogP contribution in [0.3, 0.4) is 0 Å². The van der Waals surface area contributed by atoms with Crippen LogP contribution in [0.15, 0.2) is 12.2 Å². The topological polar surface area (TPSA) is 15.3 Å². The summed E-state index contributed by atoms with van der Waals surface area (Å²) in [6.07, 6.45) is 1.19. The summed E-state index contributed by atoms with van der Waals surface area (Å²) in [6.45, 7) is 20.9. The van der Waals surface area contributed by atoms with Gasteiger partial charge < -0.3 is 5.32 Å². The number of hydrogen-bond donors (Lipinski definition) is 1. The Kier molecular flexibility index (Phi) is 9.47. The average molecular weight is 240 g/mol. The summed E-state index contributed by atoms with van der Waals surface area (Å²) in [5.41, 5.74) is 1.31. The van der Waals surface area contributed by atoms with E-state index >= 15 is 0 Å². The van der Waals surface area contributed by atoms with E-state index in [1.54, 1.807) is 0 Å². The molecule has 0 spiro atoms. The fraction of sp³-hybridized carbons (Fsp3) is 0.867. The highest BCUT2D eigenvalue weighted by Gasteiger charge is 2.10. The molecule has 102 valence electrons. The molecule has 0 aliphatic heterocycles. The average Bonchev–Trinajstić information content (AvgIpc) is 2.15. The van der Waals surface area contributed by atoms with Crippen molar-refractivity contribution in [2.24, 2.45) is 11.8 Å². The molecule has 0 bridgehead atoms. The van der Waals surface area contributed by atoms with E-state index < -0.39 is 0 Å². The molecule has 0 aliphatic rings. The molecule has 0 saturated heterocycles. The molecule has 0 saturated carbocycles. The van der Waals surface area contributed by atoms with Gasteiger partial charge in [-0.25, -0.2) is 0 Å². The van der Waals surface area contributed by atoms with Crippen molar-refractivity contribution in [3.05, 3.63) is 12.2 Å². The molecule has 0 fully saturated rings. The normalized spacial score (nSPS) is 11.8. The van der Waals surface area contributed by atoms with Crippen LogP contribution in [-0.4, -0.2) is 37.6 Å². The van der Waals surface area contributed by atoms with E-state index in [0.29, 0.717) is 0 Å². The second kappa shape index (κ2) is 9.67. The Labute approximate surface area is 108 Å². The van der Waals surface area contributed by atoms with Crippen LogP contribution >= 0.6 is 0 Å². The molecule has 17 heavy (non-hydrogen) atoms. The van der Waals surface area contributed by atoms with Crippen LogP contribution in [0.1, 0.15) is 41.0 Å². The van der Waals surface area contributed by atoms with Crippen molar-refractivity contribution in [3.8, 4) is 0 Å². The Hall–Kier alpha value is -0.340. The maximum Gasteiger partial charge on any atom is 0.0203 e. The van der Waals surface area contributed by atoms with Crippen molar-refractivity contribution in [1.29, 1.82) is 0 Å². The van der Waals surface area contributed by atoms with Crippen LogP contribution in [0.25, 0.3) is 0 Å². The maximum atomic E-state index is 4.18. The Morgan fingerprint density at radius 3 is 2.06 bits per heavy atom. The third-order valence-corrected chi connectivity index (χ3v) is 2.50. The van der Waals surface area contributed by atoms with Crippen molar-refractivity contribution in [2.75, 3.05) is 32.7 Å². The summed E-state index contributed by atoms with van der Waals surface area (Å²) in [5, 5.41) is 3.42. The number of nitrogens with zero attached hydrogens (tertiary/aromatic N) is 1. The van der Waals surface area contributed by atoms with Gasteiger partial charge in [0.2, 0.25) is 0 Å². The second-order valence-corrected chi connectivity index (χ2v) is 5.91. The number of rotatable bonds is 10. The predicted molar refractivity (Wildman–Crippen MR) is 78.4 cm³/mol. The molecule has 0 aromatic carbocycles. The highest BCUT2D eigenvalue weighted by molar-refractivity contribution is 4.99. The van der Waals surface area contributed by atoms with Gasteiger partial charge in [-0.1, -0.05) is 41.2 Å². The van der Waals surface area contributed by atoms with Gasteiger partial charge in [0.05, 0.1) is 0 Å². The van der Waals surface area contributed by atoms with Gasteiger partial charge in [0.1, 0.15) is 0 Å². The molecule has 0 aliphatic carbocycles. The molecule has 1 N–H and O–H groups in total. The van der Waals surface area contributed by atoms with Crippen LogP contribution in [0.4, 0.5) is 0 Å². The van der Waals surface area contributed by atoms with Gasteiger partial charge >= 0.3 is 0 Å². The van der Waals surface area contributed by atoms with Gasteiger partial charge in [0.25, 0.3) is 0 Å². The van der Waals surface area contributed by atoms with Gasteiger partial charge in [0, 0.05) is 26.2 Å². The molecule has 0 aromatic rings. The van der Waals surface area contributed by atoms with Crippen LogP contribution in [-0.2, 0) is 0 Å². The highest BCUT2D eigenvalue weighted by atomic mass is 15.1. The monoisotopic (exact) mass is 240 g/mol. The minimum Gasteiger partial charge on any atom is -0.313 e. The summed E-state index contributed by atoms with van der Waals surface area (Å²) >= 11 is 0. The Morgan fingerprint density at radius 2 is 1.65 bits per heavy atom. The van der Waals surface area contributed by atoms with Gasteiger partial charge in [-0.2, -0.15) is 0 Å². The van der Waals surface area contributed by atoms with Gasteiger partial charge in [-0.15, -0.1) is 0 Å². The first-order valence-electron chi connectivity index (χ1n) is 7.05. The molecule has 0 amide bonds. The lowest BCUT2D eigenvalue weighted by molar-refractivity contribution is 0.235. The smallest absolute Gasteiger partial charge is 0.0203 e. The van der Waals surface area contributed by atoms with Crippen LogP contribution in [0.5, 0.6) is 0 Å². The highest BCUT2D eigenvalue weighted by Crippen LogP contribution is 2.06. The molecular formula is C15H32N2. The van der Waals surface area contributed by atoms with E-state index in [9.17, 15) is 0 Å². The molecule has 0 heterocycles. The second-order valence-electron chi connectivity index (χ2n) is 5.91. The minimum atomic E-state index is 0.727. The van der Waals surface area contributed by atoms with Crippen LogP contribution in [0.2, 0.25) is 0 Å². The Balaban J connectivity index is 3.99. The third kappa shape index (κ3) is 10.5. The summed E-state index contributed by atoms with van der Waals surface area (Å²) in [5.74, 6) is 1.45. The summed E-state index contributed by atoms with van der Waals surface area (Å²) in [4.78, 5) is 2.53.